The van der Waals surface area contributed by atoms with E-state index < -0.39 is 5.97 Å². The van der Waals surface area contributed by atoms with Crippen LogP contribution in [-0.2, 0) is 4.79 Å². The number of carbonyl (C=O) groups excluding carboxylic acids is 1. The lowest BCUT2D eigenvalue weighted by Crippen LogP contribution is -2.27. The van der Waals surface area contributed by atoms with E-state index in [-0.39, 0.29) is 11.5 Å². The minimum absolute atomic E-state index is 0.120. The van der Waals surface area contributed by atoms with Gasteiger partial charge in [0.25, 0.3) is 5.91 Å². The molecule has 0 bridgehead atoms. The molecule has 26 heavy (non-hydrogen) atoms. The van der Waals surface area contributed by atoms with Crippen LogP contribution < -0.4 is 4.90 Å². The molecule has 1 N–H and O–H groups in total. The summed E-state index contributed by atoms with van der Waals surface area (Å²) in [5.41, 5.74) is 1.66. The predicted molar refractivity (Wildman–Crippen MR) is 110 cm³/mol. The second-order valence-corrected chi connectivity index (χ2v) is 7.95. The number of thioether (sulfide) groups is 1. The third kappa shape index (κ3) is 3.50. The van der Waals surface area contributed by atoms with Gasteiger partial charge in [-0.25, -0.2) is 4.79 Å². The van der Waals surface area contributed by atoms with Crippen LogP contribution in [0.2, 0.25) is 10.0 Å². The van der Waals surface area contributed by atoms with Gasteiger partial charge in [-0.2, -0.15) is 0 Å². The molecule has 132 valence electrons. The van der Waals surface area contributed by atoms with E-state index in [9.17, 15) is 14.7 Å². The van der Waals surface area contributed by atoms with E-state index in [1.54, 1.807) is 43.3 Å². The Hall–Kier alpha value is -1.86. The summed E-state index contributed by atoms with van der Waals surface area (Å²) < 4.78 is 0.310. The van der Waals surface area contributed by atoms with Crippen LogP contribution >= 0.6 is 47.2 Å². The molecule has 1 aliphatic heterocycles. The highest BCUT2D eigenvalue weighted by Crippen LogP contribution is 2.38. The largest absolute Gasteiger partial charge is 0.478 e. The van der Waals surface area contributed by atoms with Crippen LogP contribution in [0.3, 0.4) is 0 Å². The standard InChI is InChI=1S/C18H11Cl2NO3S2/c1-9-5-6-10(7-11(9)17(23)24)21-16(22)15(26-18(21)25)8-12-13(19)3-2-4-14(12)20/h2-8H,1H3,(H,23,24)/b15-8-. The Balaban J connectivity index is 2.02. The fraction of sp³-hybridized carbons (Fsp3) is 0.0556. The number of hydrogen-bond acceptors (Lipinski definition) is 4. The van der Waals surface area contributed by atoms with Crippen molar-refractivity contribution in [2.45, 2.75) is 6.92 Å². The van der Waals surface area contributed by atoms with E-state index in [1.807, 2.05) is 0 Å². The summed E-state index contributed by atoms with van der Waals surface area (Å²) in [7, 11) is 0. The van der Waals surface area contributed by atoms with E-state index >= 15 is 0 Å². The first-order chi connectivity index (χ1) is 12.3. The zero-order chi connectivity index (χ0) is 19.0. The average molecular weight is 424 g/mol. The van der Waals surface area contributed by atoms with Gasteiger partial charge in [0, 0.05) is 15.6 Å². The van der Waals surface area contributed by atoms with E-state index in [1.165, 1.54) is 11.0 Å². The number of aromatic carboxylic acids is 1. The Kier molecular flexibility index (Phi) is 5.39. The molecule has 1 saturated heterocycles. The Labute approximate surface area is 169 Å². The Bertz CT molecular complexity index is 968. The number of carbonyl (C=O) groups is 2. The van der Waals surface area contributed by atoms with Crippen molar-refractivity contribution in [1.82, 2.24) is 0 Å². The number of halogens is 2. The molecule has 1 heterocycles. The van der Waals surface area contributed by atoms with Crippen LogP contribution in [0.25, 0.3) is 6.08 Å². The van der Waals surface area contributed by atoms with Crippen LogP contribution in [-0.4, -0.2) is 21.3 Å². The normalized spacial score (nSPS) is 15.8. The minimum atomic E-state index is -1.06. The molecule has 2 aromatic rings. The van der Waals surface area contributed by atoms with Gasteiger partial charge in [0.2, 0.25) is 0 Å². The quantitative estimate of drug-likeness (QED) is 0.528. The van der Waals surface area contributed by atoms with Crippen LogP contribution in [0.5, 0.6) is 0 Å². The molecule has 0 unspecified atom stereocenters. The Morgan fingerprint density at radius 2 is 1.88 bits per heavy atom. The molecule has 0 radical (unpaired) electrons. The number of nitrogens with zero attached hydrogens (tertiary/aromatic N) is 1. The highest BCUT2D eigenvalue weighted by Gasteiger charge is 2.34. The van der Waals surface area contributed by atoms with Crippen molar-refractivity contribution in [2.24, 2.45) is 0 Å². The van der Waals surface area contributed by atoms with Gasteiger partial charge in [-0.15, -0.1) is 0 Å². The van der Waals surface area contributed by atoms with Crippen molar-refractivity contribution in [3.63, 3.8) is 0 Å². The van der Waals surface area contributed by atoms with Crippen molar-refractivity contribution in [3.8, 4) is 0 Å². The first-order valence-electron chi connectivity index (χ1n) is 7.35. The lowest BCUT2D eigenvalue weighted by Gasteiger charge is -2.16. The monoisotopic (exact) mass is 423 g/mol. The lowest BCUT2D eigenvalue weighted by molar-refractivity contribution is -0.113. The molecule has 8 heteroatoms. The third-order valence-corrected chi connectivity index (χ3v) is 5.74. The molecule has 0 saturated carbocycles. The zero-order valence-corrected chi connectivity index (χ0v) is 16.5. The van der Waals surface area contributed by atoms with Crippen molar-refractivity contribution < 1.29 is 14.7 Å². The van der Waals surface area contributed by atoms with E-state index in [4.69, 9.17) is 35.4 Å². The maximum Gasteiger partial charge on any atom is 0.336 e. The summed E-state index contributed by atoms with van der Waals surface area (Å²) >= 11 is 18.7. The second kappa shape index (κ2) is 7.40. The Morgan fingerprint density at radius 1 is 1.23 bits per heavy atom. The molecule has 1 amide bonds. The summed E-state index contributed by atoms with van der Waals surface area (Å²) in [6.45, 7) is 1.69. The first kappa shape index (κ1) is 18.9. The molecule has 1 fully saturated rings. The molecular formula is C18H11Cl2NO3S2. The maximum absolute atomic E-state index is 12.8. The molecule has 3 rings (SSSR count). The third-order valence-electron chi connectivity index (χ3n) is 3.78. The molecule has 2 aromatic carbocycles. The van der Waals surface area contributed by atoms with Crippen LogP contribution in [0.1, 0.15) is 21.5 Å². The van der Waals surface area contributed by atoms with E-state index in [2.05, 4.69) is 0 Å². The summed E-state index contributed by atoms with van der Waals surface area (Å²) in [4.78, 5) is 25.8. The number of hydrogen-bond donors (Lipinski definition) is 1. The van der Waals surface area contributed by atoms with Gasteiger partial charge in [-0.3, -0.25) is 9.69 Å². The highest BCUT2D eigenvalue weighted by molar-refractivity contribution is 8.27. The van der Waals surface area contributed by atoms with Gasteiger partial charge in [0.15, 0.2) is 4.32 Å². The molecule has 0 aliphatic carbocycles. The molecule has 0 atom stereocenters. The second-order valence-electron chi connectivity index (χ2n) is 5.46. The van der Waals surface area contributed by atoms with Crippen molar-refractivity contribution >= 4 is 75.1 Å². The van der Waals surface area contributed by atoms with Gasteiger partial charge >= 0.3 is 5.97 Å². The fourth-order valence-electron chi connectivity index (χ4n) is 2.45. The average Bonchev–Trinajstić information content (AvgIpc) is 2.85. The summed E-state index contributed by atoms with van der Waals surface area (Å²) in [6.07, 6.45) is 1.59. The van der Waals surface area contributed by atoms with Gasteiger partial charge in [0.05, 0.1) is 16.2 Å². The van der Waals surface area contributed by atoms with Crippen molar-refractivity contribution in [3.05, 3.63) is 68.0 Å². The number of amides is 1. The van der Waals surface area contributed by atoms with Gasteiger partial charge in [-0.05, 0) is 42.8 Å². The summed E-state index contributed by atoms with van der Waals surface area (Å²) in [6, 6.07) is 9.82. The summed E-state index contributed by atoms with van der Waals surface area (Å²) in [5.74, 6) is -1.41. The van der Waals surface area contributed by atoms with Crippen molar-refractivity contribution in [1.29, 1.82) is 0 Å². The minimum Gasteiger partial charge on any atom is -0.478 e. The number of thiocarbonyl (C=S) groups is 1. The smallest absolute Gasteiger partial charge is 0.336 e. The Morgan fingerprint density at radius 3 is 2.50 bits per heavy atom. The van der Waals surface area contributed by atoms with Crippen LogP contribution in [0, 0.1) is 6.92 Å². The lowest BCUT2D eigenvalue weighted by atomic mass is 10.1. The number of carboxylic acids is 1. The van der Waals surface area contributed by atoms with Gasteiger partial charge < -0.3 is 5.11 Å². The van der Waals surface area contributed by atoms with Crippen molar-refractivity contribution in [2.75, 3.05) is 4.90 Å². The topological polar surface area (TPSA) is 57.6 Å². The first-order valence-corrected chi connectivity index (χ1v) is 9.33. The van der Waals surface area contributed by atoms with Crippen LogP contribution in [0.15, 0.2) is 41.3 Å². The number of anilines is 1. The number of benzene rings is 2. The fourth-order valence-corrected chi connectivity index (χ4v) is 4.24. The number of rotatable bonds is 3. The molecule has 1 aliphatic rings. The number of aryl methyl sites for hydroxylation is 1. The number of carboxylic acid groups (broad SMARTS) is 1. The van der Waals surface area contributed by atoms with Gasteiger partial charge in [-0.1, -0.05) is 59.3 Å². The molecular weight excluding hydrogens is 413 g/mol. The SMILES string of the molecule is Cc1ccc(N2C(=O)/C(=C/c3c(Cl)cccc3Cl)SC2=S)cc1C(=O)O. The maximum atomic E-state index is 12.8. The molecule has 0 aromatic heterocycles. The van der Waals surface area contributed by atoms with E-state index in [0.29, 0.717) is 36.1 Å². The predicted octanol–water partition coefficient (Wildman–Crippen LogP) is 5.41. The molecule has 0 spiro atoms. The highest BCUT2D eigenvalue weighted by atomic mass is 35.5. The summed E-state index contributed by atoms with van der Waals surface area (Å²) in [5, 5.41) is 10.1. The zero-order valence-electron chi connectivity index (χ0n) is 13.3. The molecule has 4 nitrogen and oxygen atoms in total. The van der Waals surface area contributed by atoms with Crippen LogP contribution in [0.4, 0.5) is 5.69 Å². The van der Waals surface area contributed by atoms with E-state index in [0.717, 1.165) is 11.8 Å². The van der Waals surface area contributed by atoms with Gasteiger partial charge in [0.1, 0.15) is 0 Å².